The minimum absolute atomic E-state index is 0.0388. The van der Waals surface area contributed by atoms with E-state index in [-0.39, 0.29) is 5.69 Å². The number of hydrogen-bond acceptors (Lipinski definition) is 5. The van der Waals surface area contributed by atoms with Gasteiger partial charge in [0.2, 0.25) is 0 Å². The van der Waals surface area contributed by atoms with Crippen LogP contribution < -0.4 is 4.74 Å². The maximum absolute atomic E-state index is 11.2. The number of hydrogen-bond donors (Lipinski definition) is 0. The Bertz CT molecular complexity index is 605. The largest absolute Gasteiger partial charge is 0.496 e. The van der Waals surface area contributed by atoms with Crippen molar-refractivity contribution in [2.45, 2.75) is 20.3 Å². The van der Waals surface area contributed by atoms with Gasteiger partial charge in [-0.1, -0.05) is 19.1 Å². The number of esters is 1. The van der Waals surface area contributed by atoms with Crippen LogP contribution in [0.4, 0.5) is 5.69 Å². The van der Waals surface area contributed by atoms with Crippen LogP contribution >= 0.6 is 0 Å². The van der Waals surface area contributed by atoms with E-state index in [1.165, 1.54) is 25.3 Å². The van der Waals surface area contributed by atoms with Gasteiger partial charge in [0.05, 0.1) is 24.7 Å². The molecule has 0 aromatic heterocycles. The van der Waals surface area contributed by atoms with Gasteiger partial charge < -0.3 is 9.47 Å². The molecule has 22 heavy (non-hydrogen) atoms. The molecule has 0 saturated carbocycles. The maximum Gasteiger partial charge on any atom is 0.330 e. The van der Waals surface area contributed by atoms with Gasteiger partial charge in [-0.3, -0.25) is 10.1 Å². The molecule has 0 saturated heterocycles. The summed E-state index contributed by atoms with van der Waals surface area (Å²) in [5.41, 5.74) is 1.49. The molecular weight excluding hydrogens is 286 g/mol. The first kappa shape index (κ1) is 17.4. The Morgan fingerprint density at radius 2 is 2.05 bits per heavy atom. The van der Waals surface area contributed by atoms with Gasteiger partial charge in [-0.15, -0.1) is 0 Å². The highest BCUT2D eigenvalue weighted by atomic mass is 16.6. The first-order valence-electron chi connectivity index (χ1n) is 6.89. The number of carbonyl (C=O) groups is 1. The molecule has 0 fully saturated rings. The first-order valence-corrected chi connectivity index (χ1v) is 6.89. The fraction of sp³-hybridized carbons (Fsp3) is 0.312. The fourth-order valence-electron chi connectivity index (χ4n) is 1.84. The van der Waals surface area contributed by atoms with Crippen molar-refractivity contribution in [3.05, 3.63) is 52.1 Å². The Balaban J connectivity index is 3.11. The van der Waals surface area contributed by atoms with E-state index in [9.17, 15) is 14.9 Å². The van der Waals surface area contributed by atoms with Crippen LogP contribution in [0.5, 0.6) is 5.75 Å². The Hall–Kier alpha value is -2.63. The summed E-state index contributed by atoms with van der Waals surface area (Å²) >= 11 is 0. The molecule has 1 aromatic rings. The number of methoxy groups -OCH3 is 1. The zero-order chi connectivity index (χ0) is 16.5. The van der Waals surface area contributed by atoms with Crippen molar-refractivity contribution in [1.82, 2.24) is 0 Å². The van der Waals surface area contributed by atoms with E-state index in [4.69, 9.17) is 9.47 Å². The highest BCUT2D eigenvalue weighted by molar-refractivity contribution is 5.83. The van der Waals surface area contributed by atoms with E-state index in [1.54, 1.807) is 25.1 Å². The number of carbonyl (C=O) groups excluding carboxylic acids is 1. The average molecular weight is 305 g/mol. The molecule has 6 heteroatoms. The predicted molar refractivity (Wildman–Crippen MR) is 83.7 cm³/mol. The minimum atomic E-state index is -0.465. The average Bonchev–Trinajstić information content (AvgIpc) is 2.51. The molecule has 1 rings (SSSR count). The topological polar surface area (TPSA) is 78.7 Å². The molecule has 118 valence electrons. The molecule has 0 aliphatic heterocycles. The number of ether oxygens (including phenoxy) is 2. The van der Waals surface area contributed by atoms with Crippen molar-refractivity contribution in [1.29, 1.82) is 0 Å². The number of non-ortho nitro benzene ring substituents is 1. The van der Waals surface area contributed by atoms with Crippen LogP contribution in [0.2, 0.25) is 0 Å². The smallest absolute Gasteiger partial charge is 0.330 e. The molecule has 0 aliphatic carbocycles. The maximum atomic E-state index is 11.2. The molecular formula is C16H19NO5. The normalized spacial score (nSPS) is 11.5. The van der Waals surface area contributed by atoms with Crippen molar-refractivity contribution in [2.24, 2.45) is 0 Å². The summed E-state index contributed by atoms with van der Waals surface area (Å²) in [7, 11) is 1.46. The molecule has 0 atom stereocenters. The summed E-state index contributed by atoms with van der Waals surface area (Å²) in [6.45, 7) is 3.97. The summed E-state index contributed by atoms with van der Waals surface area (Å²) in [6.07, 6.45) is 5.27. The third-order valence-corrected chi connectivity index (χ3v) is 2.91. The van der Waals surface area contributed by atoms with Crippen LogP contribution in [0.3, 0.4) is 0 Å². The summed E-state index contributed by atoms with van der Waals surface area (Å²) in [5, 5.41) is 11.0. The Morgan fingerprint density at radius 3 is 2.59 bits per heavy atom. The Morgan fingerprint density at radius 1 is 1.32 bits per heavy atom. The third kappa shape index (κ3) is 5.05. The van der Waals surface area contributed by atoms with Crippen molar-refractivity contribution in [3.63, 3.8) is 0 Å². The molecule has 0 aliphatic rings. The Kier molecular flexibility index (Phi) is 6.82. The number of nitrogens with zero attached hydrogens (tertiary/aromatic N) is 1. The van der Waals surface area contributed by atoms with Gasteiger partial charge >= 0.3 is 5.97 Å². The SMILES string of the molecule is CCOC(=O)/C=C/C=C(\CC)c1cc(OC)cc([N+](=O)[O-])c1. The van der Waals surface area contributed by atoms with Gasteiger partial charge in [-0.05, 0) is 30.5 Å². The third-order valence-electron chi connectivity index (χ3n) is 2.91. The van der Waals surface area contributed by atoms with Crippen LogP contribution in [0, 0.1) is 10.1 Å². The number of nitro benzene ring substituents is 1. The van der Waals surface area contributed by atoms with Gasteiger partial charge in [0, 0.05) is 12.1 Å². The van der Waals surface area contributed by atoms with Crippen LogP contribution in [-0.4, -0.2) is 24.6 Å². The van der Waals surface area contributed by atoms with E-state index < -0.39 is 10.9 Å². The quantitative estimate of drug-likeness (QED) is 0.253. The van der Waals surface area contributed by atoms with Crippen molar-refractivity contribution in [3.8, 4) is 5.75 Å². The molecule has 0 radical (unpaired) electrons. The van der Waals surface area contributed by atoms with Crippen molar-refractivity contribution in [2.75, 3.05) is 13.7 Å². The van der Waals surface area contributed by atoms with Crippen molar-refractivity contribution >= 4 is 17.2 Å². The van der Waals surface area contributed by atoms with E-state index in [0.717, 1.165) is 5.57 Å². The monoisotopic (exact) mass is 305 g/mol. The summed E-state index contributed by atoms with van der Waals surface area (Å²) < 4.78 is 9.88. The number of rotatable bonds is 7. The lowest BCUT2D eigenvalue weighted by Crippen LogP contribution is -1.98. The highest BCUT2D eigenvalue weighted by Gasteiger charge is 2.11. The Labute approximate surface area is 129 Å². The number of benzene rings is 1. The summed E-state index contributed by atoms with van der Waals surface area (Å²) in [6, 6.07) is 4.57. The molecule has 0 spiro atoms. The first-order chi connectivity index (χ1) is 10.5. The standard InChI is InChI=1S/C16H19NO5/c1-4-12(7-6-8-16(18)22-5-2)13-9-14(17(19)20)11-15(10-13)21-3/h6-11H,4-5H2,1-3H3/b8-6+,12-7+. The summed E-state index contributed by atoms with van der Waals surface area (Å²) in [5.74, 6) is -0.0104. The second-order valence-corrected chi connectivity index (χ2v) is 4.33. The predicted octanol–water partition coefficient (Wildman–Crippen LogP) is 3.52. The number of nitro groups is 1. The summed E-state index contributed by atoms with van der Waals surface area (Å²) in [4.78, 5) is 21.7. The lowest BCUT2D eigenvalue weighted by Gasteiger charge is -2.07. The molecule has 0 amide bonds. The van der Waals surface area contributed by atoms with Gasteiger partial charge in [-0.25, -0.2) is 4.79 Å². The van der Waals surface area contributed by atoms with Gasteiger partial charge in [0.25, 0.3) is 5.69 Å². The zero-order valence-corrected chi connectivity index (χ0v) is 12.9. The molecule has 0 unspecified atom stereocenters. The fourth-order valence-corrected chi connectivity index (χ4v) is 1.84. The molecule has 1 aromatic carbocycles. The van der Waals surface area contributed by atoms with Crippen LogP contribution in [0.15, 0.2) is 36.4 Å². The molecule has 0 bridgehead atoms. The highest BCUT2D eigenvalue weighted by Crippen LogP contribution is 2.28. The second-order valence-electron chi connectivity index (χ2n) is 4.33. The van der Waals surface area contributed by atoms with Crippen LogP contribution in [0.25, 0.3) is 5.57 Å². The zero-order valence-electron chi connectivity index (χ0n) is 12.9. The molecule has 6 nitrogen and oxygen atoms in total. The van der Waals surface area contributed by atoms with Gasteiger partial charge in [-0.2, -0.15) is 0 Å². The van der Waals surface area contributed by atoms with Gasteiger partial charge in [0.1, 0.15) is 5.75 Å². The van der Waals surface area contributed by atoms with E-state index in [2.05, 4.69) is 0 Å². The lowest BCUT2D eigenvalue weighted by atomic mass is 10.0. The molecule has 0 heterocycles. The lowest BCUT2D eigenvalue weighted by molar-refractivity contribution is -0.384. The minimum Gasteiger partial charge on any atom is -0.496 e. The van der Waals surface area contributed by atoms with E-state index >= 15 is 0 Å². The van der Waals surface area contributed by atoms with E-state index in [0.29, 0.717) is 24.3 Å². The number of allylic oxidation sites excluding steroid dienone is 3. The van der Waals surface area contributed by atoms with E-state index in [1.807, 2.05) is 6.92 Å². The van der Waals surface area contributed by atoms with Gasteiger partial charge in [0.15, 0.2) is 0 Å². The van der Waals surface area contributed by atoms with Crippen LogP contribution in [0.1, 0.15) is 25.8 Å². The molecule has 0 N–H and O–H groups in total. The van der Waals surface area contributed by atoms with Crippen molar-refractivity contribution < 1.29 is 19.2 Å². The second kappa shape index (κ2) is 8.61. The van der Waals surface area contributed by atoms with Crippen LogP contribution in [-0.2, 0) is 9.53 Å².